The van der Waals surface area contributed by atoms with Gasteiger partial charge in [0, 0.05) is 18.4 Å². The number of aromatic nitrogens is 2. The average Bonchev–Trinajstić information content (AvgIpc) is 2.81. The molecule has 2 aromatic rings. The summed E-state index contributed by atoms with van der Waals surface area (Å²) in [6.07, 6.45) is 3.73. The van der Waals surface area contributed by atoms with Gasteiger partial charge in [-0.05, 0) is 19.1 Å². The maximum atomic E-state index is 5.49. The van der Waals surface area contributed by atoms with Crippen molar-refractivity contribution in [2.24, 2.45) is 5.73 Å². The number of aryl methyl sites for hydroxylation is 1. The lowest BCUT2D eigenvalue weighted by molar-refractivity contribution is 1.01. The van der Waals surface area contributed by atoms with Crippen LogP contribution in [0, 0.1) is 6.92 Å². The van der Waals surface area contributed by atoms with Crippen LogP contribution in [0.3, 0.4) is 0 Å². The van der Waals surface area contributed by atoms with E-state index in [2.05, 4.69) is 36.2 Å². The summed E-state index contributed by atoms with van der Waals surface area (Å²) >= 11 is 0. The minimum atomic E-state index is 0.485. The predicted molar refractivity (Wildman–Crippen MR) is 67.5 cm³/mol. The zero-order valence-electron chi connectivity index (χ0n) is 10.1. The SMILES string of the molecule is CC.Cc1ccc(-n2cnc(CN)c2)cc1. The highest BCUT2D eigenvalue weighted by Gasteiger charge is 1.98. The van der Waals surface area contributed by atoms with Gasteiger partial charge in [-0.25, -0.2) is 4.98 Å². The molecular weight excluding hydrogens is 198 g/mol. The van der Waals surface area contributed by atoms with E-state index in [-0.39, 0.29) is 0 Å². The average molecular weight is 217 g/mol. The summed E-state index contributed by atoms with van der Waals surface area (Å²) in [5, 5.41) is 0. The van der Waals surface area contributed by atoms with Gasteiger partial charge in [-0.15, -0.1) is 0 Å². The molecule has 2 N–H and O–H groups in total. The monoisotopic (exact) mass is 217 g/mol. The van der Waals surface area contributed by atoms with E-state index in [4.69, 9.17) is 5.73 Å². The second kappa shape index (κ2) is 6.08. The van der Waals surface area contributed by atoms with Crippen molar-refractivity contribution in [2.45, 2.75) is 27.3 Å². The van der Waals surface area contributed by atoms with Crippen molar-refractivity contribution in [1.82, 2.24) is 9.55 Å². The molecule has 2 rings (SSSR count). The quantitative estimate of drug-likeness (QED) is 0.840. The summed E-state index contributed by atoms with van der Waals surface area (Å²) in [5.74, 6) is 0. The first-order chi connectivity index (χ1) is 7.79. The fourth-order valence-corrected chi connectivity index (χ4v) is 1.33. The number of nitrogens with zero attached hydrogens (tertiary/aromatic N) is 2. The molecular formula is C13H19N3. The Morgan fingerprint density at radius 2 is 1.81 bits per heavy atom. The van der Waals surface area contributed by atoms with Crippen LogP contribution in [0.25, 0.3) is 5.69 Å². The Morgan fingerprint density at radius 3 is 2.31 bits per heavy atom. The van der Waals surface area contributed by atoms with E-state index in [1.54, 1.807) is 6.33 Å². The fourth-order valence-electron chi connectivity index (χ4n) is 1.33. The maximum Gasteiger partial charge on any atom is 0.0995 e. The van der Waals surface area contributed by atoms with Crippen LogP contribution < -0.4 is 5.73 Å². The molecule has 0 fully saturated rings. The third-order valence-electron chi connectivity index (χ3n) is 2.18. The van der Waals surface area contributed by atoms with Gasteiger partial charge < -0.3 is 10.3 Å². The number of imidazole rings is 1. The van der Waals surface area contributed by atoms with Gasteiger partial charge in [0.25, 0.3) is 0 Å². The van der Waals surface area contributed by atoms with Crippen LogP contribution in [-0.4, -0.2) is 9.55 Å². The first-order valence-corrected chi connectivity index (χ1v) is 5.59. The van der Waals surface area contributed by atoms with E-state index in [1.165, 1.54) is 5.56 Å². The standard InChI is InChI=1S/C11H13N3.C2H6/c1-9-2-4-11(5-3-9)14-7-10(6-12)13-8-14;1-2/h2-5,7-8H,6,12H2,1H3;1-2H3. The van der Waals surface area contributed by atoms with Crippen molar-refractivity contribution in [3.8, 4) is 5.69 Å². The molecule has 0 unspecified atom stereocenters. The first kappa shape index (κ1) is 12.5. The van der Waals surface area contributed by atoms with Gasteiger partial charge in [-0.2, -0.15) is 0 Å². The zero-order valence-corrected chi connectivity index (χ0v) is 10.1. The molecule has 0 spiro atoms. The predicted octanol–water partition coefficient (Wildman–Crippen LogP) is 2.67. The van der Waals surface area contributed by atoms with Gasteiger partial charge >= 0.3 is 0 Å². The molecule has 16 heavy (non-hydrogen) atoms. The Hall–Kier alpha value is -1.61. The van der Waals surface area contributed by atoms with E-state index in [0.717, 1.165) is 11.4 Å². The molecule has 86 valence electrons. The molecule has 3 heteroatoms. The Labute approximate surface area is 96.9 Å². The summed E-state index contributed by atoms with van der Waals surface area (Å²) in [6.45, 7) is 6.56. The minimum Gasteiger partial charge on any atom is -0.325 e. The Balaban J connectivity index is 0.000000606. The normalized spacial score (nSPS) is 9.50. The molecule has 0 saturated carbocycles. The highest BCUT2D eigenvalue weighted by molar-refractivity contribution is 5.34. The lowest BCUT2D eigenvalue weighted by atomic mass is 10.2. The van der Waals surface area contributed by atoms with Crippen LogP contribution in [0.1, 0.15) is 25.1 Å². The third-order valence-corrected chi connectivity index (χ3v) is 2.18. The topological polar surface area (TPSA) is 43.8 Å². The van der Waals surface area contributed by atoms with Crippen molar-refractivity contribution in [3.05, 3.63) is 48.0 Å². The van der Waals surface area contributed by atoms with Gasteiger partial charge in [0.1, 0.15) is 0 Å². The fraction of sp³-hybridized carbons (Fsp3) is 0.308. The molecule has 1 heterocycles. The van der Waals surface area contributed by atoms with Gasteiger partial charge in [-0.1, -0.05) is 31.5 Å². The molecule has 0 amide bonds. The number of nitrogens with two attached hydrogens (primary N) is 1. The van der Waals surface area contributed by atoms with Gasteiger partial charge in [0.15, 0.2) is 0 Å². The molecule has 0 saturated heterocycles. The van der Waals surface area contributed by atoms with E-state index in [9.17, 15) is 0 Å². The van der Waals surface area contributed by atoms with E-state index in [1.807, 2.05) is 24.6 Å². The summed E-state index contributed by atoms with van der Waals surface area (Å²) in [6, 6.07) is 8.30. The van der Waals surface area contributed by atoms with E-state index < -0.39 is 0 Å². The van der Waals surface area contributed by atoms with Gasteiger partial charge in [0.2, 0.25) is 0 Å². The van der Waals surface area contributed by atoms with Crippen molar-refractivity contribution < 1.29 is 0 Å². The molecule has 0 radical (unpaired) electrons. The van der Waals surface area contributed by atoms with Crippen LogP contribution in [0.4, 0.5) is 0 Å². The minimum absolute atomic E-state index is 0.485. The van der Waals surface area contributed by atoms with E-state index in [0.29, 0.717) is 6.54 Å². The molecule has 1 aromatic heterocycles. The van der Waals surface area contributed by atoms with Crippen molar-refractivity contribution >= 4 is 0 Å². The van der Waals surface area contributed by atoms with Crippen LogP contribution in [-0.2, 0) is 6.54 Å². The maximum absolute atomic E-state index is 5.49. The number of hydrogen-bond acceptors (Lipinski definition) is 2. The summed E-state index contributed by atoms with van der Waals surface area (Å²) in [5.41, 5.74) is 8.77. The Kier molecular flexibility index (Phi) is 4.73. The second-order valence-electron chi connectivity index (χ2n) is 3.31. The van der Waals surface area contributed by atoms with Crippen LogP contribution in [0.5, 0.6) is 0 Å². The molecule has 3 nitrogen and oxygen atoms in total. The van der Waals surface area contributed by atoms with Crippen LogP contribution in [0.15, 0.2) is 36.8 Å². The molecule has 0 atom stereocenters. The molecule has 0 aliphatic carbocycles. The zero-order chi connectivity index (χ0) is 12.0. The van der Waals surface area contributed by atoms with Gasteiger partial charge in [0.05, 0.1) is 12.0 Å². The molecule has 1 aromatic carbocycles. The Bertz CT molecular complexity index is 415. The largest absolute Gasteiger partial charge is 0.325 e. The lowest BCUT2D eigenvalue weighted by Crippen LogP contribution is -1.95. The third kappa shape index (κ3) is 2.94. The smallest absolute Gasteiger partial charge is 0.0995 e. The number of hydrogen-bond donors (Lipinski definition) is 1. The summed E-state index contributed by atoms with van der Waals surface area (Å²) < 4.78 is 1.97. The second-order valence-corrected chi connectivity index (χ2v) is 3.31. The van der Waals surface area contributed by atoms with E-state index >= 15 is 0 Å². The van der Waals surface area contributed by atoms with Crippen LogP contribution in [0.2, 0.25) is 0 Å². The highest BCUT2D eigenvalue weighted by Crippen LogP contribution is 2.09. The number of benzene rings is 1. The molecule has 0 bridgehead atoms. The summed E-state index contributed by atoms with van der Waals surface area (Å²) in [4.78, 5) is 4.17. The van der Waals surface area contributed by atoms with Crippen molar-refractivity contribution in [1.29, 1.82) is 0 Å². The summed E-state index contributed by atoms with van der Waals surface area (Å²) in [7, 11) is 0. The van der Waals surface area contributed by atoms with Crippen LogP contribution >= 0.6 is 0 Å². The first-order valence-electron chi connectivity index (χ1n) is 5.59. The highest BCUT2D eigenvalue weighted by atomic mass is 15.0. The number of rotatable bonds is 2. The molecule has 0 aliphatic rings. The van der Waals surface area contributed by atoms with Gasteiger partial charge in [-0.3, -0.25) is 0 Å². The lowest BCUT2D eigenvalue weighted by Gasteiger charge is -2.01. The van der Waals surface area contributed by atoms with Crippen molar-refractivity contribution in [3.63, 3.8) is 0 Å². The van der Waals surface area contributed by atoms with Crippen molar-refractivity contribution in [2.75, 3.05) is 0 Å². The molecule has 0 aliphatic heterocycles. The Morgan fingerprint density at radius 1 is 1.19 bits per heavy atom.